The molecule has 0 aliphatic carbocycles. The highest BCUT2D eigenvalue weighted by Crippen LogP contribution is 2.34. The third-order valence-corrected chi connectivity index (χ3v) is 7.04. The van der Waals surface area contributed by atoms with Crippen molar-refractivity contribution in [2.24, 2.45) is 0 Å². The summed E-state index contributed by atoms with van der Waals surface area (Å²) < 4.78 is 3.68. The lowest BCUT2D eigenvalue weighted by atomic mass is 9.96. The highest BCUT2D eigenvalue weighted by atomic mass is 35.5. The zero-order chi connectivity index (χ0) is 26.2. The number of imidazole rings is 1. The molecule has 0 radical (unpaired) electrons. The molecule has 0 fully saturated rings. The molecule has 0 bridgehead atoms. The molecule has 2 aromatic carbocycles. The maximum atomic E-state index is 13.8. The molecule has 0 spiro atoms. The Morgan fingerprint density at radius 1 is 0.947 bits per heavy atom. The SMILES string of the molecule is CNc1nccn1Cc1cc(-c2cc(CO)cnc2Cl)c2ccn(Cc3cc4ccccc4[nH]3)c(=O)c2c1. The van der Waals surface area contributed by atoms with Gasteiger partial charge in [0.05, 0.1) is 19.7 Å². The maximum absolute atomic E-state index is 13.8. The Kier molecular flexibility index (Phi) is 6.19. The van der Waals surface area contributed by atoms with Crippen LogP contribution >= 0.6 is 11.6 Å². The quantitative estimate of drug-likeness (QED) is 0.254. The number of aliphatic hydroxyl groups excluding tert-OH is 1. The second-order valence-corrected chi connectivity index (χ2v) is 9.56. The summed E-state index contributed by atoms with van der Waals surface area (Å²) in [6.07, 6.45) is 6.98. The molecule has 0 saturated heterocycles. The van der Waals surface area contributed by atoms with Crippen molar-refractivity contribution >= 4 is 39.2 Å². The van der Waals surface area contributed by atoms with Crippen LogP contribution in [0.1, 0.15) is 16.8 Å². The molecule has 0 atom stereocenters. The highest BCUT2D eigenvalue weighted by molar-refractivity contribution is 6.32. The summed E-state index contributed by atoms with van der Waals surface area (Å²) in [5.41, 5.74) is 4.88. The van der Waals surface area contributed by atoms with Gasteiger partial charge in [-0.25, -0.2) is 9.97 Å². The normalized spacial score (nSPS) is 11.4. The fourth-order valence-corrected chi connectivity index (χ4v) is 5.13. The van der Waals surface area contributed by atoms with E-state index in [0.29, 0.717) is 34.8 Å². The van der Waals surface area contributed by atoms with Crippen LogP contribution in [-0.2, 0) is 19.7 Å². The number of benzene rings is 2. The molecular weight excluding hydrogens is 500 g/mol. The van der Waals surface area contributed by atoms with Crippen LogP contribution in [0.25, 0.3) is 32.8 Å². The third-order valence-electron chi connectivity index (χ3n) is 6.74. The van der Waals surface area contributed by atoms with E-state index in [1.807, 2.05) is 72.5 Å². The second-order valence-electron chi connectivity index (χ2n) is 9.20. The monoisotopic (exact) mass is 524 g/mol. The lowest BCUT2D eigenvalue weighted by Crippen LogP contribution is -2.20. The summed E-state index contributed by atoms with van der Waals surface area (Å²) in [5.74, 6) is 0.720. The summed E-state index contributed by atoms with van der Waals surface area (Å²) in [7, 11) is 1.82. The first-order chi connectivity index (χ1) is 18.5. The van der Waals surface area contributed by atoms with Crippen LogP contribution in [-0.4, -0.2) is 36.2 Å². The van der Waals surface area contributed by atoms with E-state index in [-0.39, 0.29) is 12.2 Å². The first-order valence-corrected chi connectivity index (χ1v) is 12.6. The number of aromatic nitrogens is 5. The minimum Gasteiger partial charge on any atom is -0.392 e. The number of H-pyrrole nitrogens is 1. The van der Waals surface area contributed by atoms with Crippen molar-refractivity contribution in [2.45, 2.75) is 19.7 Å². The van der Waals surface area contributed by atoms with Crippen molar-refractivity contribution in [2.75, 3.05) is 12.4 Å². The Morgan fingerprint density at radius 3 is 2.61 bits per heavy atom. The van der Waals surface area contributed by atoms with E-state index in [9.17, 15) is 9.90 Å². The predicted molar refractivity (Wildman–Crippen MR) is 151 cm³/mol. The molecule has 190 valence electrons. The fourth-order valence-electron chi connectivity index (χ4n) is 4.93. The minimum absolute atomic E-state index is 0.105. The number of hydrogen-bond donors (Lipinski definition) is 3. The first-order valence-electron chi connectivity index (χ1n) is 12.2. The Hall–Kier alpha value is -4.40. The van der Waals surface area contributed by atoms with Crippen LogP contribution in [0.15, 0.2) is 84.2 Å². The molecule has 3 N–H and O–H groups in total. The van der Waals surface area contributed by atoms with E-state index in [2.05, 4.69) is 26.3 Å². The van der Waals surface area contributed by atoms with Crippen LogP contribution in [0.5, 0.6) is 0 Å². The Bertz CT molecular complexity index is 1820. The number of hydrogen-bond acceptors (Lipinski definition) is 5. The minimum atomic E-state index is -0.160. The molecule has 0 amide bonds. The van der Waals surface area contributed by atoms with Gasteiger partial charge in [-0.3, -0.25) is 4.79 Å². The summed E-state index contributed by atoms with van der Waals surface area (Å²) in [6, 6.07) is 17.8. The summed E-state index contributed by atoms with van der Waals surface area (Å²) in [5, 5.41) is 15.6. The van der Waals surface area contributed by atoms with Crippen molar-refractivity contribution in [1.29, 1.82) is 0 Å². The molecule has 6 aromatic rings. The summed E-state index contributed by atoms with van der Waals surface area (Å²) >= 11 is 6.54. The predicted octanol–water partition coefficient (Wildman–Crippen LogP) is 5.03. The topological polar surface area (TPSA) is 101 Å². The Balaban J connectivity index is 1.52. The van der Waals surface area contributed by atoms with Gasteiger partial charge in [-0.15, -0.1) is 0 Å². The highest BCUT2D eigenvalue weighted by Gasteiger charge is 2.16. The first kappa shape index (κ1) is 24.0. The average molecular weight is 525 g/mol. The van der Waals surface area contributed by atoms with Crippen LogP contribution in [0.3, 0.4) is 0 Å². The molecule has 38 heavy (non-hydrogen) atoms. The summed E-state index contributed by atoms with van der Waals surface area (Å²) in [4.78, 5) is 25.9. The van der Waals surface area contributed by atoms with Crippen LogP contribution in [0.2, 0.25) is 5.15 Å². The maximum Gasteiger partial charge on any atom is 0.258 e. The van der Waals surface area contributed by atoms with Crippen molar-refractivity contribution < 1.29 is 5.11 Å². The van der Waals surface area contributed by atoms with E-state index in [1.54, 1.807) is 17.0 Å². The molecule has 0 aliphatic rings. The van der Waals surface area contributed by atoms with Gasteiger partial charge in [0.15, 0.2) is 0 Å². The van der Waals surface area contributed by atoms with Crippen molar-refractivity contribution in [3.63, 3.8) is 0 Å². The van der Waals surface area contributed by atoms with Crippen LogP contribution in [0.4, 0.5) is 5.95 Å². The molecule has 4 aromatic heterocycles. The van der Waals surface area contributed by atoms with E-state index >= 15 is 0 Å². The van der Waals surface area contributed by atoms with Gasteiger partial charge in [-0.1, -0.05) is 29.8 Å². The largest absolute Gasteiger partial charge is 0.392 e. The smallest absolute Gasteiger partial charge is 0.258 e. The van der Waals surface area contributed by atoms with Gasteiger partial charge in [0, 0.05) is 54.0 Å². The molecule has 6 rings (SSSR count). The van der Waals surface area contributed by atoms with E-state index in [4.69, 9.17) is 11.6 Å². The van der Waals surface area contributed by atoms with E-state index in [1.165, 1.54) is 0 Å². The number of fused-ring (bicyclic) bond motifs is 2. The number of pyridine rings is 2. The second kappa shape index (κ2) is 9.81. The molecule has 0 saturated carbocycles. The fraction of sp³-hybridized carbons (Fsp3) is 0.138. The lowest BCUT2D eigenvalue weighted by Gasteiger charge is -2.15. The van der Waals surface area contributed by atoms with Gasteiger partial charge >= 0.3 is 0 Å². The van der Waals surface area contributed by atoms with Crippen LogP contribution in [0, 0.1) is 0 Å². The number of para-hydroxylation sites is 1. The zero-order valence-electron chi connectivity index (χ0n) is 20.6. The number of anilines is 1. The van der Waals surface area contributed by atoms with Gasteiger partial charge in [0.2, 0.25) is 5.95 Å². The molecular formula is C29H25ClN6O2. The lowest BCUT2D eigenvalue weighted by molar-refractivity contribution is 0.281. The zero-order valence-corrected chi connectivity index (χ0v) is 21.4. The molecule has 8 nitrogen and oxygen atoms in total. The summed E-state index contributed by atoms with van der Waals surface area (Å²) in [6.45, 7) is 0.754. The number of nitrogens with zero attached hydrogens (tertiary/aromatic N) is 4. The number of halogens is 1. The Labute approximate surface area is 223 Å². The van der Waals surface area contributed by atoms with Gasteiger partial charge < -0.3 is 24.5 Å². The Morgan fingerprint density at radius 2 is 1.79 bits per heavy atom. The number of nitrogens with one attached hydrogen (secondary N) is 2. The number of aliphatic hydroxyl groups is 1. The van der Waals surface area contributed by atoms with E-state index in [0.717, 1.165) is 39.1 Å². The molecule has 0 unspecified atom stereocenters. The van der Waals surface area contributed by atoms with Gasteiger partial charge in [0.25, 0.3) is 5.56 Å². The van der Waals surface area contributed by atoms with Crippen molar-refractivity contribution in [3.05, 3.63) is 112 Å². The average Bonchev–Trinajstić information content (AvgIpc) is 3.56. The van der Waals surface area contributed by atoms with Crippen LogP contribution < -0.4 is 10.9 Å². The molecule has 4 heterocycles. The molecule has 9 heteroatoms. The number of rotatable bonds is 7. The van der Waals surface area contributed by atoms with Gasteiger partial charge in [-0.2, -0.15) is 0 Å². The van der Waals surface area contributed by atoms with Gasteiger partial charge in [0.1, 0.15) is 5.15 Å². The third kappa shape index (κ3) is 4.34. The number of aromatic amines is 1. The van der Waals surface area contributed by atoms with E-state index < -0.39 is 0 Å². The standard InChI is InChI=1S/C29H25ClN6O2/c1-31-29-32-7-9-36(29)15-18-10-23(24-12-19(17-37)14-33-27(24)30)22-6-8-35(28(38)25(22)11-18)16-21-13-20-4-2-3-5-26(20)34-21/h2-14,34,37H,15-17H2,1H3,(H,31,32). The molecule has 0 aliphatic heterocycles. The van der Waals surface area contributed by atoms with Gasteiger partial charge in [-0.05, 0) is 63.9 Å². The van der Waals surface area contributed by atoms with Crippen molar-refractivity contribution in [1.82, 2.24) is 24.1 Å². The van der Waals surface area contributed by atoms with Crippen molar-refractivity contribution in [3.8, 4) is 11.1 Å².